The van der Waals surface area contributed by atoms with Crippen molar-refractivity contribution in [2.24, 2.45) is 4.99 Å². The minimum Gasteiger partial charge on any atom is -0.497 e. The van der Waals surface area contributed by atoms with Gasteiger partial charge in [0, 0.05) is 47.8 Å². The highest BCUT2D eigenvalue weighted by molar-refractivity contribution is 7.91. The maximum atomic E-state index is 13.3. The molecule has 1 aliphatic heterocycles. The molecule has 0 bridgehead atoms. The quantitative estimate of drug-likeness (QED) is 0.0723. The number of halogens is 1. The molecule has 1 aliphatic rings. The summed E-state index contributed by atoms with van der Waals surface area (Å²) in [7, 11) is -1.89. The molecule has 1 atom stereocenters. The molecule has 302 valence electrons. The van der Waals surface area contributed by atoms with Crippen molar-refractivity contribution < 1.29 is 36.7 Å². The average molecular weight is 818 g/mol. The Morgan fingerprint density at radius 2 is 1.53 bits per heavy atom. The van der Waals surface area contributed by atoms with Crippen molar-refractivity contribution in [2.75, 3.05) is 52.5 Å². The van der Waals surface area contributed by atoms with E-state index in [2.05, 4.69) is 15.4 Å². The summed E-state index contributed by atoms with van der Waals surface area (Å²) in [5.74, 6) is 2.64. The van der Waals surface area contributed by atoms with Gasteiger partial charge in [0.05, 0.1) is 61.3 Å². The molecule has 0 fully saturated rings. The van der Waals surface area contributed by atoms with Gasteiger partial charge in [-0.05, 0) is 88.1 Å². The molecular weight excluding hydrogens is 770 g/mol. The van der Waals surface area contributed by atoms with Gasteiger partial charge in [0.25, 0.3) is 0 Å². The smallest absolute Gasteiger partial charge is 0.178 e. The number of Topliss-reactive ketones (excluding diaryl/α,β-unsaturated/α-hetero) is 1. The average Bonchev–Trinajstić information content (AvgIpc) is 3.71. The number of carbonyl (C=O) groups is 1. The van der Waals surface area contributed by atoms with Crippen LogP contribution in [0.25, 0.3) is 16.8 Å². The number of nitrogens with zero attached hydrogens (tertiary/aromatic N) is 5. The molecule has 13 nitrogen and oxygen atoms in total. The fourth-order valence-electron chi connectivity index (χ4n) is 6.85. The first-order chi connectivity index (χ1) is 27.5. The number of carbonyl (C=O) groups excluding carboxylic acids is 1. The van der Waals surface area contributed by atoms with Crippen LogP contribution in [0, 0.1) is 27.7 Å². The zero-order valence-corrected chi connectivity index (χ0v) is 34.5. The van der Waals surface area contributed by atoms with Gasteiger partial charge in [-0.15, -0.1) is 10.2 Å². The summed E-state index contributed by atoms with van der Waals surface area (Å²) in [5.41, 5.74) is 6.26. The Balaban J connectivity index is 0.899. The fraction of sp³-hybridized carbons (Fsp3) is 0.405. The minimum absolute atomic E-state index is 0.0282. The Kier molecular flexibility index (Phi) is 14.1. The van der Waals surface area contributed by atoms with Crippen LogP contribution in [0.5, 0.6) is 5.75 Å². The summed E-state index contributed by atoms with van der Waals surface area (Å²) >= 11 is 6.21. The van der Waals surface area contributed by atoms with Crippen LogP contribution in [0.3, 0.4) is 0 Å². The van der Waals surface area contributed by atoms with E-state index >= 15 is 0 Å². The van der Waals surface area contributed by atoms with Crippen LogP contribution >= 0.6 is 11.6 Å². The van der Waals surface area contributed by atoms with Gasteiger partial charge in [0.15, 0.2) is 15.7 Å². The fourth-order valence-corrected chi connectivity index (χ4v) is 8.56. The number of hydrogen-bond donors (Lipinski definition) is 0. The highest BCUT2D eigenvalue weighted by Gasteiger charge is 2.30. The normalized spacial score (nSPS) is 13.9. The Morgan fingerprint density at radius 1 is 0.842 bits per heavy atom. The Labute approximate surface area is 338 Å². The van der Waals surface area contributed by atoms with E-state index in [1.807, 2.05) is 79.9 Å². The number of rotatable bonds is 20. The van der Waals surface area contributed by atoms with Crippen LogP contribution < -0.4 is 4.74 Å². The number of fused-ring (bicyclic) bond motifs is 3. The lowest BCUT2D eigenvalue weighted by atomic mass is 9.99. The lowest BCUT2D eigenvalue weighted by Crippen LogP contribution is -2.14. The van der Waals surface area contributed by atoms with E-state index in [4.69, 9.17) is 40.1 Å². The number of aromatic nitrogens is 4. The van der Waals surface area contributed by atoms with Crippen molar-refractivity contribution in [2.45, 2.75) is 64.3 Å². The zero-order chi connectivity index (χ0) is 40.5. The van der Waals surface area contributed by atoms with Gasteiger partial charge in [0.2, 0.25) is 0 Å². The first kappa shape index (κ1) is 41.9. The summed E-state index contributed by atoms with van der Waals surface area (Å²) in [5, 5.41) is 13.4. The topological polar surface area (TPSA) is 157 Å². The number of ketones is 1. The summed E-state index contributed by atoms with van der Waals surface area (Å²) in [6, 6.07) is 18.1. The van der Waals surface area contributed by atoms with Crippen molar-refractivity contribution in [1.29, 1.82) is 0 Å². The SMILES string of the molecule is COc1ccc2c(c1)C(c1ccc(Cl)cc1)=N[C@@H](CC(=O)CCCOCCOCCOCCCS(=O)(=O)c1cc(-c3c(C)noc3C)ccc1C)c1nnc(C)n1-2. The monoisotopic (exact) mass is 817 g/mol. The lowest BCUT2D eigenvalue weighted by Gasteiger charge is -2.14. The molecule has 3 heterocycles. The molecule has 0 spiro atoms. The molecule has 0 N–H and O–H groups in total. The number of aryl methyl sites for hydroxylation is 4. The Morgan fingerprint density at radius 3 is 2.21 bits per heavy atom. The number of methoxy groups -OCH3 is 1. The molecule has 0 saturated carbocycles. The predicted molar refractivity (Wildman–Crippen MR) is 217 cm³/mol. The van der Waals surface area contributed by atoms with Crippen molar-refractivity contribution >= 4 is 32.9 Å². The van der Waals surface area contributed by atoms with Gasteiger partial charge in [-0.2, -0.15) is 0 Å². The first-order valence-corrected chi connectivity index (χ1v) is 21.0. The van der Waals surface area contributed by atoms with Gasteiger partial charge < -0.3 is 23.5 Å². The molecule has 0 aliphatic carbocycles. The number of sulfone groups is 1. The van der Waals surface area contributed by atoms with Gasteiger partial charge in [-0.25, -0.2) is 8.42 Å². The maximum Gasteiger partial charge on any atom is 0.178 e. The van der Waals surface area contributed by atoms with Crippen LogP contribution in [-0.4, -0.2) is 92.3 Å². The molecule has 5 aromatic rings. The van der Waals surface area contributed by atoms with E-state index in [-0.39, 0.29) is 18.0 Å². The van der Waals surface area contributed by atoms with Crippen LogP contribution in [0.15, 0.2) is 75.1 Å². The zero-order valence-electron chi connectivity index (χ0n) is 32.9. The summed E-state index contributed by atoms with van der Waals surface area (Å²) in [6.45, 7) is 9.46. The predicted octanol–water partition coefficient (Wildman–Crippen LogP) is 7.36. The summed E-state index contributed by atoms with van der Waals surface area (Å²) in [4.78, 5) is 18.7. The molecule has 57 heavy (non-hydrogen) atoms. The van der Waals surface area contributed by atoms with E-state index in [0.29, 0.717) is 109 Å². The molecule has 15 heteroatoms. The highest BCUT2D eigenvalue weighted by Crippen LogP contribution is 2.35. The van der Waals surface area contributed by atoms with Gasteiger partial charge >= 0.3 is 0 Å². The van der Waals surface area contributed by atoms with E-state index < -0.39 is 15.9 Å². The van der Waals surface area contributed by atoms with Crippen molar-refractivity contribution in [3.8, 4) is 22.6 Å². The highest BCUT2D eigenvalue weighted by atomic mass is 35.5. The molecule has 2 aromatic heterocycles. The third-order valence-electron chi connectivity index (χ3n) is 9.71. The van der Waals surface area contributed by atoms with Crippen LogP contribution in [-0.2, 0) is 28.8 Å². The number of benzene rings is 3. The molecule has 0 unspecified atom stereocenters. The molecule has 0 saturated heterocycles. The molecule has 0 amide bonds. The maximum absolute atomic E-state index is 13.3. The molecule has 0 radical (unpaired) electrons. The summed E-state index contributed by atoms with van der Waals surface area (Å²) in [6.07, 6.45) is 1.40. The van der Waals surface area contributed by atoms with Gasteiger partial charge in [-0.3, -0.25) is 14.4 Å². The lowest BCUT2D eigenvalue weighted by molar-refractivity contribution is -0.119. The number of ether oxygens (including phenoxy) is 4. The largest absolute Gasteiger partial charge is 0.497 e. The van der Waals surface area contributed by atoms with Crippen LogP contribution in [0.4, 0.5) is 0 Å². The molecule has 3 aromatic carbocycles. The second kappa shape index (κ2) is 19.1. The van der Waals surface area contributed by atoms with Crippen molar-refractivity contribution in [3.63, 3.8) is 0 Å². The first-order valence-electron chi connectivity index (χ1n) is 18.9. The number of aliphatic imine (C=N–C) groups is 1. The second-order valence-corrected chi connectivity index (χ2v) is 16.4. The third kappa shape index (κ3) is 10.2. The second-order valence-electron chi connectivity index (χ2n) is 13.9. The Hall–Kier alpha value is -4.73. The van der Waals surface area contributed by atoms with E-state index in [1.165, 1.54) is 0 Å². The van der Waals surface area contributed by atoms with E-state index in [9.17, 15) is 13.2 Å². The standard InChI is InChI=1S/C42H48ClN5O8S/c1-27-9-10-32(40-28(2)47-56-29(40)3)24-39(27)57(50,51)23-7-18-54-20-22-55-21-19-53-17-6-8-34(49)25-37-42-46-45-30(4)48(42)38-16-15-35(52-5)26-36(38)41(44-37)31-11-13-33(43)14-12-31/h9-16,24,26,37H,6-8,17-23,25H2,1-5H3/t37-/m0/s1. The van der Waals surface area contributed by atoms with E-state index in [1.54, 1.807) is 20.1 Å². The third-order valence-corrected chi connectivity index (χ3v) is 11.9. The van der Waals surface area contributed by atoms with Crippen molar-refractivity contribution in [1.82, 2.24) is 19.9 Å². The van der Waals surface area contributed by atoms with Gasteiger partial charge in [-0.1, -0.05) is 41.0 Å². The van der Waals surface area contributed by atoms with E-state index in [0.717, 1.165) is 27.9 Å². The molecule has 6 rings (SSSR count). The molecular formula is C42H48ClN5O8S. The van der Waals surface area contributed by atoms with Crippen LogP contribution in [0.2, 0.25) is 5.02 Å². The van der Waals surface area contributed by atoms with Gasteiger partial charge in [0.1, 0.15) is 29.2 Å². The summed E-state index contributed by atoms with van der Waals surface area (Å²) < 4.78 is 56.1. The minimum atomic E-state index is -3.51. The van der Waals surface area contributed by atoms with Crippen LogP contribution in [0.1, 0.15) is 71.5 Å². The number of hydrogen-bond acceptors (Lipinski definition) is 12. The Bertz CT molecular complexity index is 2300. The van der Waals surface area contributed by atoms with Crippen molar-refractivity contribution in [3.05, 3.63) is 105 Å².